The lowest BCUT2D eigenvalue weighted by molar-refractivity contribution is -0.159. The van der Waals surface area contributed by atoms with E-state index in [1.54, 1.807) is 0 Å². The molecule has 0 unspecified atom stereocenters. The van der Waals surface area contributed by atoms with Gasteiger partial charge in [0.1, 0.15) is 0 Å². The Morgan fingerprint density at radius 3 is 2.41 bits per heavy atom. The molecule has 4 heterocycles. The second-order valence-corrected chi connectivity index (χ2v) is 5.27. The van der Waals surface area contributed by atoms with Gasteiger partial charge in [-0.25, -0.2) is 9.59 Å². The van der Waals surface area contributed by atoms with Crippen LogP contribution in [-0.4, -0.2) is 50.3 Å². The van der Waals surface area contributed by atoms with E-state index in [1.165, 1.54) is 31.5 Å². The standard InChI is InChI=1S/C12H17N3O.C2H2O4/c1-2-3-11-13-12(14-16-11)10-8-15-6-4-9(10)5-7-15;3-1(4)2(5)6/h8-9H,2-7H2,1H3;(H,3,4)(H,5,6). The number of allylic oxidation sites excluding steroid dienone is 1. The molecule has 0 aromatic carbocycles. The van der Waals surface area contributed by atoms with Crippen LogP contribution in [0.4, 0.5) is 0 Å². The fourth-order valence-electron chi connectivity index (χ4n) is 2.57. The largest absolute Gasteiger partial charge is 0.473 e. The fourth-order valence-corrected chi connectivity index (χ4v) is 2.57. The highest BCUT2D eigenvalue weighted by atomic mass is 16.5. The number of piperidine rings is 1. The second-order valence-electron chi connectivity index (χ2n) is 5.27. The number of aromatic nitrogens is 2. The molecule has 1 saturated heterocycles. The van der Waals surface area contributed by atoms with Crippen LogP contribution in [-0.2, 0) is 16.0 Å². The van der Waals surface area contributed by atoms with E-state index in [0.717, 1.165) is 24.6 Å². The average Bonchev–Trinajstić information content (AvgIpc) is 2.98. The van der Waals surface area contributed by atoms with Crippen molar-refractivity contribution in [1.29, 1.82) is 0 Å². The molecule has 0 atom stereocenters. The van der Waals surface area contributed by atoms with E-state index in [2.05, 4.69) is 28.2 Å². The Morgan fingerprint density at radius 2 is 1.95 bits per heavy atom. The number of aryl methyl sites for hydroxylation is 1. The first kappa shape index (κ1) is 16.0. The van der Waals surface area contributed by atoms with Crippen LogP contribution < -0.4 is 0 Å². The molecular weight excluding hydrogens is 290 g/mol. The van der Waals surface area contributed by atoms with E-state index in [0.29, 0.717) is 5.92 Å². The first-order valence-corrected chi connectivity index (χ1v) is 7.26. The van der Waals surface area contributed by atoms with Gasteiger partial charge in [0.2, 0.25) is 5.89 Å². The van der Waals surface area contributed by atoms with Gasteiger partial charge in [0.15, 0.2) is 5.82 Å². The Balaban J connectivity index is 0.000000254. The number of hydrogen-bond acceptors (Lipinski definition) is 6. The molecule has 2 bridgehead atoms. The minimum absolute atomic E-state index is 0.650. The van der Waals surface area contributed by atoms with Crippen LogP contribution in [0.3, 0.4) is 0 Å². The van der Waals surface area contributed by atoms with Crippen molar-refractivity contribution in [3.05, 3.63) is 17.9 Å². The summed E-state index contributed by atoms with van der Waals surface area (Å²) >= 11 is 0. The first-order valence-electron chi connectivity index (χ1n) is 7.26. The zero-order chi connectivity index (χ0) is 16.1. The third-order valence-electron chi connectivity index (χ3n) is 3.66. The summed E-state index contributed by atoms with van der Waals surface area (Å²) in [4.78, 5) is 25.0. The number of rotatable bonds is 3. The Bertz CT molecular complexity index is 561. The second kappa shape index (κ2) is 7.06. The molecule has 0 spiro atoms. The molecular formula is C14H19N3O5. The lowest BCUT2D eigenvalue weighted by Gasteiger charge is -2.37. The van der Waals surface area contributed by atoms with E-state index < -0.39 is 11.9 Å². The molecule has 4 rings (SSSR count). The highest BCUT2D eigenvalue weighted by Crippen LogP contribution is 2.35. The summed E-state index contributed by atoms with van der Waals surface area (Å²) < 4.78 is 5.25. The monoisotopic (exact) mass is 309 g/mol. The number of carbonyl (C=O) groups is 2. The van der Waals surface area contributed by atoms with Crippen molar-refractivity contribution in [1.82, 2.24) is 15.0 Å². The van der Waals surface area contributed by atoms with Crippen molar-refractivity contribution in [3.8, 4) is 0 Å². The van der Waals surface area contributed by atoms with Gasteiger partial charge in [-0.3, -0.25) is 0 Å². The van der Waals surface area contributed by atoms with Crippen molar-refractivity contribution >= 4 is 17.5 Å². The van der Waals surface area contributed by atoms with Gasteiger partial charge >= 0.3 is 11.9 Å². The summed E-state index contributed by atoms with van der Waals surface area (Å²) in [6.07, 6.45) is 6.64. The number of carboxylic acids is 2. The predicted molar refractivity (Wildman–Crippen MR) is 75.8 cm³/mol. The van der Waals surface area contributed by atoms with Gasteiger partial charge in [0.05, 0.1) is 0 Å². The van der Waals surface area contributed by atoms with Crippen molar-refractivity contribution in [2.24, 2.45) is 5.92 Å². The fraction of sp³-hybridized carbons (Fsp3) is 0.571. The third kappa shape index (κ3) is 3.84. The molecule has 3 aliphatic rings. The maximum absolute atomic E-state index is 9.10. The maximum Gasteiger partial charge on any atom is 0.414 e. The van der Waals surface area contributed by atoms with Crippen molar-refractivity contribution in [2.75, 3.05) is 13.1 Å². The molecule has 0 amide bonds. The minimum Gasteiger partial charge on any atom is -0.473 e. The molecule has 1 fully saturated rings. The van der Waals surface area contributed by atoms with Gasteiger partial charge in [0, 0.05) is 31.3 Å². The van der Waals surface area contributed by atoms with E-state index in [9.17, 15) is 0 Å². The Morgan fingerprint density at radius 1 is 1.32 bits per heavy atom. The lowest BCUT2D eigenvalue weighted by Crippen LogP contribution is -2.35. The Kier molecular flexibility index (Phi) is 5.13. The van der Waals surface area contributed by atoms with E-state index in [4.69, 9.17) is 24.3 Å². The molecule has 22 heavy (non-hydrogen) atoms. The van der Waals surface area contributed by atoms with Gasteiger partial charge in [-0.2, -0.15) is 4.98 Å². The molecule has 0 saturated carbocycles. The van der Waals surface area contributed by atoms with Gasteiger partial charge < -0.3 is 19.6 Å². The highest BCUT2D eigenvalue weighted by Gasteiger charge is 2.30. The van der Waals surface area contributed by atoms with Crippen molar-refractivity contribution in [2.45, 2.75) is 32.6 Å². The quantitative estimate of drug-likeness (QED) is 0.801. The van der Waals surface area contributed by atoms with Gasteiger partial charge in [0.25, 0.3) is 0 Å². The van der Waals surface area contributed by atoms with E-state index >= 15 is 0 Å². The van der Waals surface area contributed by atoms with Crippen LogP contribution in [0, 0.1) is 5.92 Å². The van der Waals surface area contributed by atoms with Crippen LogP contribution in [0.1, 0.15) is 37.9 Å². The zero-order valence-electron chi connectivity index (χ0n) is 12.4. The molecule has 0 radical (unpaired) electrons. The summed E-state index contributed by atoms with van der Waals surface area (Å²) in [6, 6.07) is 0. The molecule has 120 valence electrons. The lowest BCUT2D eigenvalue weighted by atomic mass is 9.85. The number of fused-ring (bicyclic) bond motifs is 2. The smallest absolute Gasteiger partial charge is 0.414 e. The number of carboxylic acid groups (broad SMARTS) is 2. The topological polar surface area (TPSA) is 117 Å². The Hall–Kier alpha value is -2.38. The van der Waals surface area contributed by atoms with Crippen LogP contribution in [0.5, 0.6) is 0 Å². The van der Waals surface area contributed by atoms with Gasteiger partial charge in [-0.1, -0.05) is 12.1 Å². The summed E-state index contributed by atoms with van der Waals surface area (Å²) in [5.41, 5.74) is 1.28. The molecule has 2 N–H and O–H groups in total. The predicted octanol–water partition coefficient (Wildman–Crippen LogP) is 1.24. The number of nitrogens with zero attached hydrogens (tertiary/aromatic N) is 3. The molecule has 1 aromatic heterocycles. The molecule has 1 aromatic rings. The summed E-state index contributed by atoms with van der Waals surface area (Å²) in [5.74, 6) is -1.41. The van der Waals surface area contributed by atoms with E-state index in [-0.39, 0.29) is 0 Å². The number of aliphatic carboxylic acids is 2. The zero-order valence-corrected chi connectivity index (χ0v) is 12.4. The van der Waals surface area contributed by atoms with Crippen LogP contribution >= 0.6 is 0 Å². The van der Waals surface area contributed by atoms with E-state index in [1.807, 2.05) is 0 Å². The number of hydrogen-bond donors (Lipinski definition) is 2. The van der Waals surface area contributed by atoms with Gasteiger partial charge in [-0.15, -0.1) is 0 Å². The molecule has 8 heteroatoms. The molecule has 3 aliphatic heterocycles. The molecule has 0 aliphatic carbocycles. The van der Waals surface area contributed by atoms with Crippen LogP contribution in [0.2, 0.25) is 0 Å². The highest BCUT2D eigenvalue weighted by molar-refractivity contribution is 6.27. The maximum atomic E-state index is 9.10. The minimum atomic E-state index is -1.82. The van der Waals surface area contributed by atoms with Crippen LogP contribution in [0.25, 0.3) is 5.57 Å². The Labute approximate surface area is 127 Å². The molecule has 8 nitrogen and oxygen atoms in total. The first-order chi connectivity index (χ1) is 10.5. The van der Waals surface area contributed by atoms with Crippen LogP contribution in [0.15, 0.2) is 10.7 Å². The van der Waals surface area contributed by atoms with Gasteiger partial charge in [-0.05, 0) is 25.2 Å². The summed E-state index contributed by atoms with van der Waals surface area (Å²) in [7, 11) is 0. The van der Waals surface area contributed by atoms with Crippen molar-refractivity contribution < 1.29 is 24.3 Å². The summed E-state index contributed by atoms with van der Waals surface area (Å²) in [6.45, 7) is 4.50. The van der Waals surface area contributed by atoms with Crippen molar-refractivity contribution in [3.63, 3.8) is 0 Å². The third-order valence-corrected chi connectivity index (χ3v) is 3.66. The SMILES string of the molecule is CCCc1nc(C2=CN3CCC2CC3)no1.O=C(O)C(=O)O. The summed E-state index contributed by atoms with van der Waals surface area (Å²) in [5, 5.41) is 18.9. The normalized spacial score (nSPS) is 16.8. The average molecular weight is 309 g/mol.